The first kappa shape index (κ1) is 22.6. The topological polar surface area (TPSA) is 69.3 Å². The lowest BCUT2D eigenvalue weighted by atomic mass is 9.97. The van der Waals surface area contributed by atoms with E-state index in [4.69, 9.17) is 4.98 Å². The summed E-state index contributed by atoms with van der Waals surface area (Å²) in [4.78, 5) is 39.7. The maximum absolute atomic E-state index is 12.8. The highest BCUT2D eigenvalue weighted by molar-refractivity contribution is 7.99. The summed E-state index contributed by atoms with van der Waals surface area (Å²) in [5.41, 5.74) is 3.76. The molecule has 3 heterocycles. The van der Waals surface area contributed by atoms with Crippen LogP contribution in [0.1, 0.15) is 40.2 Å². The molecule has 1 N–H and O–H groups in total. The number of aryl methyl sites for hydroxylation is 3. The first-order valence-corrected chi connectivity index (χ1v) is 13.7. The molecule has 3 aromatic rings. The van der Waals surface area contributed by atoms with Crippen LogP contribution in [0.4, 0.5) is 0 Å². The highest BCUT2D eigenvalue weighted by atomic mass is 32.2. The number of thiophene rings is 1. The smallest absolute Gasteiger partial charge is 0.259 e. The lowest BCUT2D eigenvalue weighted by Crippen LogP contribution is -2.49. The van der Waals surface area contributed by atoms with Crippen molar-refractivity contribution >= 4 is 39.2 Å². The molecular formula is C25H30N4O2S2. The molecule has 174 valence electrons. The fraction of sp³-hybridized carbons (Fsp3) is 0.480. The van der Waals surface area contributed by atoms with Crippen molar-refractivity contribution in [1.82, 2.24) is 19.8 Å². The van der Waals surface area contributed by atoms with E-state index in [1.54, 1.807) is 23.1 Å². The van der Waals surface area contributed by atoms with Crippen LogP contribution >= 0.6 is 23.1 Å². The summed E-state index contributed by atoms with van der Waals surface area (Å²) in [5, 5.41) is 0.817. The van der Waals surface area contributed by atoms with Gasteiger partial charge in [-0.1, -0.05) is 29.8 Å². The van der Waals surface area contributed by atoms with Gasteiger partial charge >= 0.3 is 0 Å². The van der Waals surface area contributed by atoms with E-state index in [-0.39, 0.29) is 11.5 Å². The lowest BCUT2D eigenvalue weighted by Gasteiger charge is -2.34. The average Bonchev–Trinajstić information content (AvgIpc) is 3.18. The van der Waals surface area contributed by atoms with Gasteiger partial charge in [-0.3, -0.25) is 14.5 Å². The van der Waals surface area contributed by atoms with E-state index in [9.17, 15) is 9.59 Å². The summed E-state index contributed by atoms with van der Waals surface area (Å²) in [6, 6.07) is 8.45. The number of carbonyl (C=O) groups excluding carboxylic acids is 1. The van der Waals surface area contributed by atoms with Gasteiger partial charge in [-0.2, -0.15) is 0 Å². The van der Waals surface area contributed by atoms with Gasteiger partial charge in [0.15, 0.2) is 0 Å². The van der Waals surface area contributed by atoms with Crippen LogP contribution in [0.2, 0.25) is 0 Å². The minimum atomic E-state index is 0.00819. The third-order valence-electron chi connectivity index (χ3n) is 6.55. The number of aromatic nitrogens is 2. The predicted octanol–water partition coefficient (Wildman–Crippen LogP) is 3.75. The molecule has 1 saturated heterocycles. The van der Waals surface area contributed by atoms with Crippen LogP contribution in [-0.4, -0.2) is 57.6 Å². The Morgan fingerprint density at radius 1 is 1.18 bits per heavy atom. The summed E-state index contributed by atoms with van der Waals surface area (Å²) in [6.07, 6.45) is 4.44. The zero-order chi connectivity index (χ0) is 22.8. The molecule has 6 nitrogen and oxygen atoms in total. The van der Waals surface area contributed by atoms with Crippen molar-refractivity contribution in [3.63, 3.8) is 0 Å². The van der Waals surface area contributed by atoms with E-state index in [1.165, 1.54) is 28.0 Å². The molecule has 1 fully saturated rings. The van der Waals surface area contributed by atoms with Gasteiger partial charge in [-0.15, -0.1) is 23.1 Å². The van der Waals surface area contributed by atoms with Crippen LogP contribution in [0, 0.1) is 6.92 Å². The Bertz CT molecular complexity index is 1210. The van der Waals surface area contributed by atoms with Crippen LogP contribution in [0.15, 0.2) is 29.1 Å². The number of piperazine rings is 1. The van der Waals surface area contributed by atoms with E-state index in [0.29, 0.717) is 12.3 Å². The number of rotatable bonds is 6. The molecule has 2 aromatic heterocycles. The minimum Gasteiger partial charge on any atom is -0.339 e. The average molecular weight is 483 g/mol. The van der Waals surface area contributed by atoms with Crippen molar-refractivity contribution in [3.8, 4) is 0 Å². The molecule has 8 heteroatoms. The maximum Gasteiger partial charge on any atom is 0.259 e. The summed E-state index contributed by atoms with van der Waals surface area (Å²) >= 11 is 3.38. The van der Waals surface area contributed by atoms with Crippen LogP contribution < -0.4 is 5.56 Å². The minimum absolute atomic E-state index is 0.00819. The third-order valence-corrected chi connectivity index (χ3v) is 8.72. The molecule has 5 rings (SSSR count). The summed E-state index contributed by atoms with van der Waals surface area (Å²) in [5.74, 6) is 2.33. The molecule has 1 amide bonds. The Kier molecular flexibility index (Phi) is 6.85. The molecule has 1 aromatic carbocycles. The number of hydrogen-bond donors (Lipinski definition) is 1. The third kappa shape index (κ3) is 5.18. The second-order valence-corrected chi connectivity index (χ2v) is 11.1. The van der Waals surface area contributed by atoms with Gasteiger partial charge in [0.1, 0.15) is 10.7 Å². The van der Waals surface area contributed by atoms with Crippen molar-refractivity contribution < 1.29 is 4.79 Å². The molecular weight excluding hydrogens is 452 g/mol. The van der Waals surface area contributed by atoms with Gasteiger partial charge in [0, 0.05) is 36.8 Å². The standard InChI is InChI=1S/C25H30N4O2S2/c1-17-5-4-6-18(13-17)15-32-16-22(30)29-11-9-28(10-12-29)14-21-26-24(31)23-19-7-2-3-8-20(19)33-25(23)27-21/h4-6,13H,2-3,7-12,14-16H2,1H3,(H,26,27,31). The number of nitrogens with one attached hydrogen (secondary N) is 1. The van der Waals surface area contributed by atoms with Crippen LogP contribution in [0.25, 0.3) is 10.2 Å². The number of fused-ring (bicyclic) bond motifs is 3. The number of carbonyl (C=O) groups is 1. The zero-order valence-corrected chi connectivity index (χ0v) is 20.7. The number of nitrogens with zero attached hydrogens (tertiary/aromatic N) is 3. The molecule has 2 aliphatic rings. The lowest BCUT2D eigenvalue weighted by molar-refractivity contribution is -0.130. The molecule has 0 spiro atoms. The summed E-state index contributed by atoms with van der Waals surface area (Å²) < 4.78 is 0. The van der Waals surface area contributed by atoms with Crippen molar-refractivity contribution in [2.75, 3.05) is 31.9 Å². The molecule has 33 heavy (non-hydrogen) atoms. The van der Waals surface area contributed by atoms with Gasteiger partial charge in [0.2, 0.25) is 5.91 Å². The Morgan fingerprint density at radius 3 is 2.82 bits per heavy atom. The second-order valence-electron chi connectivity index (χ2n) is 9.04. The van der Waals surface area contributed by atoms with E-state index < -0.39 is 0 Å². The zero-order valence-electron chi connectivity index (χ0n) is 19.1. The van der Waals surface area contributed by atoms with Crippen molar-refractivity contribution in [1.29, 1.82) is 0 Å². The highest BCUT2D eigenvalue weighted by Crippen LogP contribution is 2.33. The van der Waals surface area contributed by atoms with Crippen molar-refractivity contribution in [3.05, 3.63) is 62.0 Å². The molecule has 0 bridgehead atoms. The number of aromatic amines is 1. The summed E-state index contributed by atoms with van der Waals surface area (Å²) in [6.45, 7) is 5.77. The van der Waals surface area contributed by atoms with E-state index in [1.807, 2.05) is 4.90 Å². The largest absolute Gasteiger partial charge is 0.339 e. The van der Waals surface area contributed by atoms with Gasteiger partial charge in [-0.25, -0.2) is 4.98 Å². The fourth-order valence-electron chi connectivity index (χ4n) is 4.80. The summed E-state index contributed by atoms with van der Waals surface area (Å²) in [7, 11) is 0. The molecule has 0 radical (unpaired) electrons. The monoisotopic (exact) mass is 482 g/mol. The molecule has 0 saturated carbocycles. The molecule has 0 atom stereocenters. The normalized spacial score (nSPS) is 16.8. The van der Waals surface area contributed by atoms with Gasteiger partial charge in [-0.05, 0) is 43.7 Å². The molecule has 1 aliphatic heterocycles. The quantitative estimate of drug-likeness (QED) is 0.580. The van der Waals surface area contributed by atoms with Gasteiger partial charge in [0.25, 0.3) is 5.56 Å². The molecule has 1 aliphatic carbocycles. The van der Waals surface area contributed by atoms with E-state index in [0.717, 1.165) is 67.2 Å². The second kappa shape index (κ2) is 9.99. The number of H-pyrrole nitrogens is 1. The Balaban J connectivity index is 1.13. The van der Waals surface area contributed by atoms with Gasteiger partial charge < -0.3 is 9.88 Å². The van der Waals surface area contributed by atoms with Crippen LogP contribution in [-0.2, 0) is 29.9 Å². The Morgan fingerprint density at radius 2 is 2.00 bits per heavy atom. The molecule has 0 unspecified atom stereocenters. The van der Waals surface area contributed by atoms with E-state index >= 15 is 0 Å². The number of benzene rings is 1. The highest BCUT2D eigenvalue weighted by Gasteiger charge is 2.23. The SMILES string of the molecule is Cc1cccc(CSCC(=O)N2CCN(Cc3nc4sc5c(c4c(=O)[nH]3)CCCC5)CC2)c1. The van der Waals surface area contributed by atoms with Crippen LogP contribution in [0.5, 0.6) is 0 Å². The predicted molar refractivity (Wildman–Crippen MR) is 136 cm³/mol. The fourth-order valence-corrected chi connectivity index (χ4v) is 6.96. The van der Waals surface area contributed by atoms with Crippen molar-refractivity contribution in [2.45, 2.75) is 44.9 Å². The maximum atomic E-state index is 12.8. The number of hydrogen-bond acceptors (Lipinski definition) is 6. The van der Waals surface area contributed by atoms with E-state index in [2.05, 4.69) is 41.1 Å². The number of amides is 1. The van der Waals surface area contributed by atoms with Gasteiger partial charge in [0.05, 0.1) is 17.7 Å². The van der Waals surface area contributed by atoms with Crippen LogP contribution in [0.3, 0.4) is 0 Å². The van der Waals surface area contributed by atoms with Crippen molar-refractivity contribution in [2.24, 2.45) is 0 Å². The first-order valence-electron chi connectivity index (χ1n) is 11.7. The Hall–Kier alpha value is -2.16. The number of thioether (sulfide) groups is 1. The first-order chi connectivity index (χ1) is 16.1. The Labute approximate surface area is 202 Å².